The Kier molecular flexibility index (Phi) is 5.74. The lowest BCUT2D eigenvalue weighted by atomic mass is 10.2. The number of aromatic amines is 1. The number of carbonyl (C=O) groups excluding carboxylic acids is 1. The maximum absolute atomic E-state index is 11.4. The first-order valence-corrected chi connectivity index (χ1v) is 7.71. The Morgan fingerprint density at radius 2 is 2.43 bits per heavy atom. The summed E-state index contributed by atoms with van der Waals surface area (Å²) in [6.07, 6.45) is 2.62. The Morgan fingerprint density at radius 1 is 1.67 bits per heavy atom. The number of hydrogen-bond acceptors (Lipinski definition) is 7. The lowest BCUT2D eigenvalue weighted by Crippen LogP contribution is -2.21. The van der Waals surface area contributed by atoms with Crippen LogP contribution >= 0.6 is 20.8 Å². The van der Waals surface area contributed by atoms with Crippen LogP contribution < -0.4 is 5.56 Å². The molecular weight excluding hydrogens is 319 g/mol. The molecule has 0 bridgehead atoms. The summed E-state index contributed by atoms with van der Waals surface area (Å²) in [5.41, 5.74) is -0.527. The van der Waals surface area contributed by atoms with Crippen LogP contribution in [0.25, 0.3) is 0 Å². The molecule has 1 aromatic heterocycles. The first kappa shape index (κ1) is 16.4. The van der Waals surface area contributed by atoms with E-state index in [1.807, 2.05) is 0 Å². The molecular formula is C11H15N2O6PS. The third-order valence-electron chi connectivity index (χ3n) is 3.04. The molecule has 0 saturated carbocycles. The predicted octanol–water partition coefficient (Wildman–Crippen LogP) is 1.28. The molecule has 2 heterocycles. The fourth-order valence-electron chi connectivity index (χ4n) is 2.01. The van der Waals surface area contributed by atoms with Gasteiger partial charge in [-0.25, -0.2) is 0 Å². The summed E-state index contributed by atoms with van der Waals surface area (Å²) in [4.78, 5) is 33.9. The average molecular weight is 334 g/mol. The zero-order chi connectivity index (χ0) is 15.4. The van der Waals surface area contributed by atoms with Crippen molar-refractivity contribution in [2.45, 2.75) is 25.2 Å². The second-order valence-electron chi connectivity index (χ2n) is 4.38. The van der Waals surface area contributed by atoms with E-state index in [2.05, 4.69) is 9.51 Å². The predicted molar refractivity (Wildman–Crippen MR) is 76.5 cm³/mol. The molecule has 116 valence electrons. The molecule has 3 atom stereocenters. The summed E-state index contributed by atoms with van der Waals surface area (Å²) in [6.45, 7) is 0.198. The minimum atomic E-state index is -1.88. The molecule has 0 amide bonds. The molecule has 0 aliphatic carbocycles. The van der Waals surface area contributed by atoms with Gasteiger partial charge in [0.15, 0.2) is 11.1 Å². The highest BCUT2D eigenvalue weighted by Gasteiger charge is 2.28. The third kappa shape index (κ3) is 4.03. The average Bonchev–Trinajstić information content (AvgIpc) is 2.93. The van der Waals surface area contributed by atoms with Crippen molar-refractivity contribution in [3.05, 3.63) is 26.9 Å². The fourth-order valence-corrected chi connectivity index (χ4v) is 2.67. The summed E-state index contributed by atoms with van der Waals surface area (Å²) < 4.78 is 17.2. The Balaban J connectivity index is 2.06. The lowest BCUT2D eigenvalue weighted by molar-refractivity contribution is -0.0212. The number of ether oxygens (including phenoxy) is 1. The molecule has 10 heteroatoms. The Hall–Kier alpha value is -0.960. The second kappa shape index (κ2) is 7.35. The van der Waals surface area contributed by atoms with E-state index in [4.69, 9.17) is 21.5 Å². The van der Waals surface area contributed by atoms with Crippen molar-refractivity contribution in [1.82, 2.24) is 9.55 Å². The van der Waals surface area contributed by atoms with Gasteiger partial charge in [-0.2, -0.15) is 0 Å². The molecule has 1 aliphatic heterocycles. The van der Waals surface area contributed by atoms with E-state index < -0.39 is 14.2 Å². The van der Waals surface area contributed by atoms with Gasteiger partial charge in [-0.1, -0.05) is 0 Å². The molecule has 1 aromatic rings. The molecule has 8 nitrogen and oxygen atoms in total. The molecule has 1 aliphatic rings. The molecule has 3 unspecified atom stereocenters. The fraction of sp³-hybridized carbons (Fsp3) is 0.545. The molecule has 2 N–H and O–H groups in total. The minimum absolute atomic E-state index is 0.00911. The van der Waals surface area contributed by atoms with Gasteiger partial charge in [-0.05, 0) is 25.1 Å². The van der Waals surface area contributed by atoms with Gasteiger partial charge >= 0.3 is 8.60 Å². The van der Waals surface area contributed by atoms with Crippen LogP contribution in [-0.2, 0) is 13.8 Å². The van der Waals surface area contributed by atoms with Crippen LogP contribution in [0.15, 0.2) is 11.0 Å². The Labute approximate surface area is 126 Å². The Bertz CT molecular complexity index is 617. The number of hydrogen-bond donors (Lipinski definition) is 2. The largest absolute Gasteiger partial charge is 0.352 e. The van der Waals surface area contributed by atoms with Gasteiger partial charge in [0.05, 0.1) is 18.3 Å². The van der Waals surface area contributed by atoms with Crippen LogP contribution in [0.2, 0.25) is 0 Å². The molecule has 2 rings (SSSR count). The van der Waals surface area contributed by atoms with E-state index in [-0.39, 0.29) is 29.3 Å². The van der Waals surface area contributed by atoms with Crippen LogP contribution in [0.3, 0.4) is 0 Å². The molecule has 0 radical (unpaired) electrons. The summed E-state index contributed by atoms with van der Waals surface area (Å²) in [5, 5.41) is 0. The van der Waals surface area contributed by atoms with Crippen LogP contribution in [-0.4, -0.2) is 40.6 Å². The van der Waals surface area contributed by atoms with Gasteiger partial charge < -0.3 is 18.7 Å². The Morgan fingerprint density at radius 3 is 3.10 bits per heavy atom. The minimum Gasteiger partial charge on any atom is -0.352 e. The number of rotatable bonds is 6. The standard InChI is InChI=1S/C11H15N2O6PS/c1-17-20(16)18-6-8-2-3-9(19-8)13-4-7(5-14)10(15)12-11(13)21/h4-5,8-9,16H,2-3,6H2,1H3,(H,12,15,21). The quantitative estimate of drug-likeness (QED) is 0.459. The summed E-state index contributed by atoms with van der Waals surface area (Å²) in [5.74, 6) is 0. The van der Waals surface area contributed by atoms with Crippen molar-refractivity contribution in [3.63, 3.8) is 0 Å². The number of H-pyrrole nitrogens is 1. The van der Waals surface area contributed by atoms with Gasteiger partial charge in [0.2, 0.25) is 0 Å². The molecule has 1 saturated heterocycles. The third-order valence-corrected chi connectivity index (χ3v) is 4.04. The van der Waals surface area contributed by atoms with E-state index in [0.29, 0.717) is 19.1 Å². The lowest BCUT2D eigenvalue weighted by Gasteiger charge is -2.17. The maximum atomic E-state index is 11.4. The highest BCUT2D eigenvalue weighted by Crippen LogP contribution is 2.34. The first-order valence-electron chi connectivity index (χ1n) is 6.17. The highest BCUT2D eigenvalue weighted by molar-refractivity contribution is 7.71. The van der Waals surface area contributed by atoms with Crippen LogP contribution in [0.1, 0.15) is 29.4 Å². The van der Waals surface area contributed by atoms with Crippen molar-refractivity contribution in [2.75, 3.05) is 13.7 Å². The van der Waals surface area contributed by atoms with E-state index in [1.165, 1.54) is 13.3 Å². The smallest absolute Gasteiger partial charge is 0.329 e. The summed E-state index contributed by atoms with van der Waals surface area (Å²) in [6, 6.07) is 0. The van der Waals surface area contributed by atoms with Gasteiger partial charge in [-0.15, -0.1) is 0 Å². The van der Waals surface area contributed by atoms with Crippen molar-refractivity contribution < 1.29 is 23.5 Å². The molecule has 0 aromatic carbocycles. The van der Waals surface area contributed by atoms with Gasteiger partial charge in [0.25, 0.3) is 5.56 Å². The van der Waals surface area contributed by atoms with Crippen molar-refractivity contribution in [3.8, 4) is 0 Å². The maximum Gasteiger partial charge on any atom is 0.329 e. The zero-order valence-electron chi connectivity index (χ0n) is 11.2. The van der Waals surface area contributed by atoms with Gasteiger partial charge in [-0.3, -0.25) is 19.1 Å². The second-order valence-corrected chi connectivity index (χ2v) is 5.86. The summed E-state index contributed by atoms with van der Waals surface area (Å²) in [7, 11) is -0.531. The van der Waals surface area contributed by atoms with Crippen molar-refractivity contribution in [1.29, 1.82) is 0 Å². The normalized spacial score (nSPS) is 23.1. The van der Waals surface area contributed by atoms with E-state index >= 15 is 0 Å². The highest BCUT2D eigenvalue weighted by atomic mass is 32.1. The number of nitrogens with one attached hydrogen (secondary N) is 1. The van der Waals surface area contributed by atoms with Crippen LogP contribution in [0.4, 0.5) is 0 Å². The number of nitrogens with zero attached hydrogens (tertiary/aromatic N) is 1. The van der Waals surface area contributed by atoms with E-state index in [0.717, 1.165) is 0 Å². The van der Waals surface area contributed by atoms with Crippen LogP contribution in [0, 0.1) is 4.77 Å². The van der Waals surface area contributed by atoms with E-state index in [9.17, 15) is 14.5 Å². The van der Waals surface area contributed by atoms with Gasteiger partial charge in [0, 0.05) is 13.3 Å². The van der Waals surface area contributed by atoms with Crippen molar-refractivity contribution in [2.24, 2.45) is 0 Å². The summed E-state index contributed by atoms with van der Waals surface area (Å²) >= 11 is 5.07. The molecule has 1 fully saturated rings. The number of aromatic nitrogens is 2. The van der Waals surface area contributed by atoms with Gasteiger partial charge in [0.1, 0.15) is 6.23 Å². The monoisotopic (exact) mass is 334 g/mol. The topological polar surface area (TPSA) is 103 Å². The van der Waals surface area contributed by atoms with E-state index in [1.54, 1.807) is 4.57 Å². The van der Waals surface area contributed by atoms with Crippen LogP contribution in [0.5, 0.6) is 0 Å². The van der Waals surface area contributed by atoms with Crippen molar-refractivity contribution >= 4 is 27.1 Å². The number of carbonyl (C=O) groups is 1. The zero-order valence-corrected chi connectivity index (χ0v) is 12.9. The first-order chi connectivity index (χ1) is 10.0. The molecule has 0 spiro atoms. The SMILES string of the molecule is COP(O)OCC1CCC(n2cc(C=O)c(=O)[nH]c2=S)O1. The molecule has 21 heavy (non-hydrogen) atoms. The number of aldehydes is 1.